The molecule has 0 radical (unpaired) electrons. The number of ether oxygens (including phenoxy) is 1. The highest BCUT2D eigenvalue weighted by Crippen LogP contribution is 2.07. The topological polar surface area (TPSA) is 43.4 Å². The van der Waals surface area contributed by atoms with Crippen LogP contribution >= 0.6 is 11.6 Å². The molecule has 0 spiro atoms. The number of halogens is 1. The first-order valence-electron chi connectivity index (χ1n) is 5.36. The molecular formula is C13H15ClO3. The first-order chi connectivity index (χ1) is 8.17. The van der Waals surface area contributed by atoms with E-state index in [1.807, 2.05) is 6.07 Å². The molecule has 17 heavy (non-hydrogen) atoms. The summed E-state index contributed by atoms with van der Waals surface area (Å²) < 4.78 is 4.99. The van der Waals surface area contributed by atoms with Crippen LogP contribution in [0.3, 0.4) is 0 Å². The Hall–Kier alpha value is -1.19. The third-order valence-corrected chi connectivity index (χ3v) is 2.76. The Balaban J connectivity index is 2.49. The molecule has 0 N–H and O–H groups in total. The smallest absolute Gasteiger partial charge is 0.170 e. The maximum absolute atomic E-state index is 11.7. The number of hydrogen-bond acceptors (Lipinski definition) is 3. The summed E-state index contributed by atoms with van der Waals surface area (Å²) in [6.07, 6.45) is -0.230. The van der Waals surface area contributed by atoms with E-state index in [-0.39, 0.29) is 36.4 Å². The van der Waals surface area contributed by atoms with Gasteiger partial charge in [0.15, 0.2) is 5.78 Å². The third kappa shape index (κ3) is 4.67. The highest BCUT2D eigenvalue weighted by atomic mass is 35.5. The maximum Gasteiger partial charge on any atom is 0.170 e. The molecule has 0 saturated carbocycles. The van der Waals surface area contributed by atoms with Crippen molar-refractivity contribution in [1.29, 1.82) is 0 Å². The van der Waals surface area contributed by atoms with Gasteiger partial charge in [0.1, 0.15) is 5.78 Å². The Bertz CT molecular complexity index is 372. The van der Waals surface area contributed by atoms with Gasteiger partial charge in [-0.25, -0.2) is 0 Å². The highest BCUT2D eigenvalue weighted by molar-refractivity contribution is 6.18. The summed E-state index contributed by atoms with van der Waals surface area (Å²) in [7, 11) is 1.50. The van der Waals surface area contributed by atoms with E-state index in [0.29, 0.717) is 5.56 Å². The second-order valence-electron chi connectivity index (χ2n) is 3.72. The molecule has 0 amide bonds. The number of methoxy groups -OCH3 is 1. The van der Waals surface area contributed by atoms with Crippen molar-refractivity contribution in [2.45, 2.75) is 18.9 Å². The van der Waals surface area contributed by atoms with E-state index in [2.05, 4.69) is 0 Å². The molecule has 0 saturated heterocycles. The van der Waals surface area contributed by atoms with Gasteiger partial charge in [0.2, 0.25) is 0 Å². The molecule has 1 atom stereocenters. The second kappa shape index (κ2) is 7.20. The van der Waals surface area contributed by atoms with Gasteiger partial charge < -0.3 is 4.74 Å². The summed E-state index contributed by atoms with van der Waals surface area (Å²) in [5.41, 5.74) is 0.556. The summed E-state index contributed by atoms with van der Waals surface area (Å²) in [6.45, 7) is 0. The van der Waals surface area contributed by atoms with Crippen molar-refractivity contribution in [3.63, 3.8) is 0 Å². The number of rotatable bonds is 7. The lowest BCUT2D eigenvalue weighted by atomic mass is 10.0. The van der Waals surface area contributed by atoms with Crippen LogP contribution in [0.2, 0.25) is 0 Å². The van der Waals surface area contributed by atoms with E-state index >= 15 is 0 Å². The number of ketones is 2. The molecule has 0 fully saturated rings. The van der Waals surface area contributed by atoms with Gasteiger partial charge in [0.05, 0.1) is 12.5 Å². The number of benzene rings is 1. The predicted octanol–water partition coefficient (Wildman–Crippen LogP) is 2.47. The summed E-state index contributed by atoms with van der Waals surface area (Å²) in [6, 6.07) is 8.77. The molecule has 92 valence electrons. The maximum atomic E-state index is 11.7. The van der Waals surface area contributed by atoms with Gasteiger partial charge in [-0.3, -0.25) is 9.59 Å². The third-order valence-electron chi connectivity index (χ3n) is 2.41. The van der Waals surface area contributed by atoms with Crippen molar-refractivity contribution >= 4 is 23.2 Å². The van der Waals surface area contributed by atoms with E-state index in [0.717, 1.165) is 0 Å². The van der Waals surface area contributed by atoms with Gasteiger partial charge in [0.25, 0.3) is 0 Å². The fourth-order valence-corrected chi connectivity index (χ4v) is 1.67. The Morgan fingerprint density at radius 1 is 1.29 bits per heavy atom. The molecule has 0 unspecified atom stereocenters. The molecule has 0 aliphatic carbocycles. The predicted molar refractivity (Wildman–Crippen MR) is 66.5 cm³/mol. The minimum Gasteiger partial charge on any atom is -0.380 e. The molecule has 1 aromatic carbocycles. The van der Waals surface area contributed by atoms with E-state index in [1.54, 1.807) is 24.3 Å². The van der Waals surface area contributed by atoms with Gasteiger partial charge in [-0.05, 0) is 0 Å². The SMILES string of the molecule is CO[C@H](CCl)CC(=O)CC(=O)c1ccccc1. The Labute approximate surface area is 106 Å². The first kappa shape index (κ1) is 13.9. The molecule has 0 aliphatic rings. The van der Waals surface area contributed by atoms with Crippen LogP contribution in [-0.4, -0.2) is 30.7 Å². The molecule has 0 bridgehead atoms. The quantitative estimate of drug-likeness (QED) is 0.427. The van der Waals surface area contributed by atoms with Crippen molar-refractivity contribution in [2.24, 2.45) is 0 Å². The van der Waals surface area contributed by atoms with Gasteiger partial charge in [0, 0.05) is 25.0 Å². The van der Waals surface area contributed by atoms with Crippen molar-refractivity contribution in [2.75, 3.05) is 13.0 Å². The Morgan fingerprint density at radius 2 is 1.94 bits per heavy atom. The van der Waals surface area contributed by atoms with Crippen molar-refractivity contribution in [3.05, 3.63) is 35.9 Å². The van der Waals surface area contributed by atoms with Crippen LogP contribution in [0.5, 0.6) is 0 Å². The van der Waals surface area contributed by atoms with E-state index in [1.165, 1.54) is 7.11 Å². The van der Waals surface area contributed by atoms with E-state index in [9.17, 15) is 9.59 Å². The minimum atomic E-state index is -0.312. The van der Waals surface area contributed by atoms with Crippen LogP contribution in [0.15, 0.2) is 30.3 Å². The number of hydrogen-bond donors (Lipinski definition) is 0. The van der Waals surface area contributed by atoms with Crippen LogP contribution < -0.4 is 0 Å². The normalized spacial score (nSPS) is 12.1. The number of Topliss-reactive ketones (excluding diaryl/α,β-unsaturated/α-hetero) is 2. The van der Waals surface area contributed by atoms with E-state index < -0.39 is 0 Å². The molecule has 4 heteroatoms. The highest BCUT2D eigenvalue weighted by Gasteiger charge is 2.16. The molecule has 1 aromatic rings. The van der Waals surface area contributed by atoms with Gasteiger partial charge in [-0.2, -0.15) is 0 Å². The van der Waals surface area contributed by atoms with Gasteiger partial charge in [-0.1, -0.05) is 30.3 Å². The van der Waals surface area contributed by atoms with Crippen molar-refractivity contribution in [1.82, 2.24) is 0 Å². The van der Waals surface area contributed by atoms with Gasteiger partial charge in [-0.15, -0.1) is 11.6 Å². The zero-order chi connectivity index (χ0) is 12.7. The molecule has 1 rings (SSSR count). The number of carbonyl (C=O) groups is 2. The molecule has 0 aliphatic heterocycles. The monoisotopic (exact) mass is 254 g/mol. The van der Waals surface area contributed by atoms with Crippen LogP contribution in [0.1, 0.15) is 23.2 Å². The number of carbonyl (C=O) groups excluding carboxylic acids is 2. The first-order valence-corrected chi connectivity index (χ1v) is 5.89. The lowest BCUT2D eigenvalue weighted by molar-refractivity contribution is -0.120. The fourth-order valence-electron chi connectivity index (χ4n) is 1.43. The number of alkyl halides is 1. The summed E-state index contributed by atoms with van der Waals surface area (Å²) >= 11 is 5.60. The van der Waals surface area contributed by atoms with Crippen molar-refractivity contribution < 1.29 is 14.3 Å². The average molecular weight is 255 g/mol. The molecule has 0 aromatic heterocycles. The lowest BCUT2D eigenvalue weighted by Gasteiger charge is -2.10. The van der Waals surface area contributed by atoms with E-state index in [4.69, 9.17) is 16.3 Å². The molecule has 3 nitrogen and oxygen atoms in total. The Morgan fingerprint density at radius 3 is 2.47 bits per heavy atom. The van der Waals surface area contributed by atoms with Crippen LogP contribution in [-0.2, 0) is 9.53 Å². The lowest BCUT2D eigenvalue weighted by Crippen LogP contribution is -2.19. The minimum absolute atomic E-state index is 0.0965. The zero-order valence-corrected chi connectivity index (χ0v) is 10.4. The summed E-state index contributed by atoms with van der Waals surface area (Å²) in [5, 5.41) is 0. The van der Waals surface area contributed by atoms with Crippen molar-refractivity contribution in [3.8, 4) is 0 Å². The summed E-state index contributed by atoms with van der Waals surface area (Å²) in [5.74, 6) is -0.0618. The van der Waals surface area contributed by atoms with Crippen LogP contribution in [0.25, 0.3) is 0 Å². The standard InChI is InChI=1S/C13H15ClO3/c1-17-12(9-14)7-11(15)8-13(16)10-5-3-2-4-6-10/h2-6,12H,7-9H2,1H3/t12-/m0/s1. The summed E-state index contributed by atoms with van der Waals surface area (Å²) in [4.78, 5) is 23.3. The average Bonchev–Trinajstić information content (AvgIpc) is 2.37. The fraction of sp³-hybridized carbons (Fsp3) is 0.385. The Kier molecular flexibility index (Phi) is 5.87. The largest absolute Gasteiger partial charge is 0.380 e. The molecule has 0 heterocycles. The second-order valence-corrected chi connectivity index (χ2v) is 4.03. The molecular weight excluding hydrogens is 240 g/mol. The zero-order valence-electron chi connectivity index (χ0n) is 9.69. The van der Waals surface area contributed by atoms with Crippen LogP contribution in [0.4, 0.5) is 0 Å². The van der Waals surface area contributed by atoms with Gasteiger partial charge >= 0.3 is 0 Å². The van der Waals surface area contributed by atoms with Crippen LogP contribution in [0, 0.1) is 0 Å².